The molecule has 0 rings (SSSR count). The van der Waals surface area contributed by atoms with Crippen LogP contribution in [0.25, 0.3) is 0 Å². The minimum absolute atomic E-state index is 0.102. The van der Waals surface area contributed by atoms with Gasteiger partial charge in [-0.15, -0.1) is 0 Å². The highest BCUT2D eigenvalue weighted by molar-refractivity contribution is 7.47. The summed E-state index contributed by atoms with van der Waals surface area (Å²) in [6, 6.07) is 0. The summed E-state index contributed by atoms with van der Waals surface area (Å²) in [6.45, 7) is 7.04. The minimum atomic E-state index is -4.94. The summed E-state index contributed by atoms with van der Waals surface area (Å²) < 4.78 is 67.7. The largest absolute Gasteiger partial charge is 0.472 e. The van der Waals surface area contributed by atoms with E-state index < -0.39 is 97.5 Å². The molecule has 0 aliphatic rings. The molecule has 0 amide bonds. The van der Waals surface area contributed by atoms with Crippen molar-refractivity contribution < 1.29 is 80.2 Å². The maximum Gasteiger partial charge on any atom is 0.472 e. The normalized spacial score (nSPS) is 14.3. The average Bonchev–Trinajstić information content (AvgIpc) is 3.41. The number of unbranched alkanes of at least 4 members (excludes halogenated alkanes) is 32. The first-order chi connectivity index (χ1) is 38.0. The lowest BCUT2D eigenvalue weighted by molar-refractivity contribution is -0.161. The van der Waals surface area contributed by atoms with E-state index in [0.29, 0.717) is 31.6 Å². The van der Waals surface area contributed by atoms with Crippen LogP contribution in [0, 0.1) is 5.92 Å². The molecule has 5 atom stereocenters. The zero-order chi connectivity index (χ0) is 58.5. The quantitative estimate of drug-likeness (QED) is 0.0222. The zero-order valence-corrected chi connectivity index (χ0v) is 52.3. The Morgan fingerprint density at radius 3 is 0.861 bits per heavy atom. The second kappa shape index (κ2) is 54.0. The first-order valence-corrected chi connectivity index (χ1v) is 34.6. The van der Waals surface area contributed by atoms with Crippen LogP contribution in [0.4, 0.5) is 0 Å². The number of carbonyl (C=O) groups is 4. The minimum Gasteiger partial charge on any atom is -0.462 e. The van der Waals surface area contributed by atoms with Crippen molar-refractivity contribution in [1.29, 1.82) is 0 Å². The predicted molar refractivity (Wildman–Crippen MR) is 312 cm³/mol. The van der Waals surface area contributed by atoms with Gasteiger partial charge in [0.15, 0.2) is 12.2 Å². The highest BCUT2D eigenvalue weighted by atomic mass is 31.2. The van der Waals surface area contributed by atoms with Crippen LogP contribution >= 0.6 is 15.6 Å². The number of rotatable bonds is 60. The molecule has 0 saturated carbocycles. The summed E-state index contributed by atoms with van der Waals surface area (Å²) in [5, 5.41) is 10.5. The van der Waals surface area contributed by atoms with Crippen molar-refractivity contribution in [1.82, 2.24) is 0 Å². The SMILES string of the molecule is CCCCCCCCCCCCCCC(=O)O[C@H](COC(=O)CCCCCCCCCCCC)COP(=O)(O)OC[C@@H](O)COP(=O)(O)OC[C@@H](COC(=O)CCCCCCCCCC)OC(=O)CCCCCCCCC(C)C. The third kappa shape index (κ3) is 55.0. The molecule has 0 aromatic rings. The number of carbonyl (C=O) groups excluding carboxylic acids is 4. The molecular formula is C60H116O17P2. The fourth-order valence-corrected chi connectivity index (χ4v) is 10.5. The van der Waals surface area contributed by atoms with Gasteiger partial charge in [0.2, 0.25) is 0 Å². The number of aliphatic hydroxyl groups excluding tert-OH is 1. The monoisotopic (exact) mass is 1170 g/mol. The van der Waals surface area contributed by atoms with Crippen LogP contribution in [-0.4, -0.2) is 96.7 Å². The number of hydrogen-bond acceptors (Lipinski definition) is 15. The first kappa shape index (κ1) is 77.1. The van der Waals surface area contributed by atoms with Crippen LogP contribution in [0.1, 0.15) is 298 Å². The molecule has 0 fully saturated rings. The van der Waals surface area contributed by atoms with E-state index in [2.05, 4.69) is 34.6 Å². The van der Waals surface area contributed by atoms with Gasteiger partial charge < -0.3 is 33.8 Å². The van der Waals surface area contributed by atoms with E-state index in [0.717, 1.165) is 96.3 Å². The Labute approximate surface area is 479 Å². The third-order valence-corrected chi connectivity index (χ3v) is 15.7. The summed E-state index contributed by atoms with van der Waals surface area (Å²) in [6.07, 6.45) is 36.3. The molecular weight excluding hydrogens is 1050 g/mol. The molecule has 0 aliphatic heterocycles. The van der Waals surface area contributed by atoms with Gasteiger partial charge in [-0.25, -0.2) is 9.13 Å². The summed E-state index contributed by atoms with van der Waals surface area (Å²) in [4.78, 5) is 71.9. The molecule has 19 heteroatoms. The molecule has 79 heavy (non-hydrogen) atoms. The number of phosphoric ester groups is 2. The topological polar surface area (TPSA) is 237 Å². The molecule has 0 aromatic heterocycles. The first-order valence-electron chi connectivity index (χ1n) is 31.6. The lowest BCUT2D eigenvalue weighted by Gasteiger charge is -2.21. The molecule has 0 aliphatic carbocycles. The Morgan fingerprint density at radius 1 is 0.342 bits per heavy atom. The highest BCUT2D eigenvalue weighted by Crippen LogP contribution is 2.45. The van der Waals surface area contributed by atoms with Crippen molar-refractivity contribution in [3.63, 3.8) is 0 Å². The Hall–Kier alpha value is -1.94. The second-order valence-electron chi connectivity index (χ2n) is 22.2. The van der Waals surface area contributed by atoms with Gasteiger partial charge in [0.1, 0.15) is 19.3 Å². The van der Waals surface area contributed by atoms with Gasteiger partial charge in [-0.05, 0) is 31.6 Å². The van der Waals surface area contributed by atoms with E-state index in [1.165, 1.54) is 116 Å². The van der Waals surface area contributed by atoms with Gasteiger partial charge in [-0.2, -0.15) is 0 Å². The fraction of sp³-hybridized carbons (Fsp3) is 0.933. The molecule has 0 heterocycles. The Kier molecular flexibility index (Phi) is 52.7. The summed E-state index contributed by atoms with van der Waals surface area (Å²) in [5.74, 6) is -1.47. The number of aliphatic hydroxyl groups is 1. The third-order valence-electron chi connectivity index (χ3n) is 13.8. The molecule has 2 unspecified atom stereocenters. The lowest BCUT2D eigenvalue weighted by Crippen LogP contribution is -2.30. The summed E-state index contributed by atoms with van der Waals surface area (Å²) >= 11 is 0. The van der Waals surface area contributed by atoms with E-state index in [9.17, 15) is 43.2 Å². The maximum atomic E-state index is 12.9. The highest BCUT2D eigenvalue weighted by Gasteiger charge is 2.30. The van der Waals surface area contributed by atoms with Crippen LogP contribution in [0.5, 0.6) is 0 Å². The molecule has 468 valence electrons. The Bertz CT molecular complexity index is 1550. The molecule has 0 radical (unpaired) electrons. The van der Waals surface area contributed by atoms with E-state index >= 15 is 0 Å². The van der Waals surface area contributed by atoms with Crippen molar-refractivity contribution in [2.45, 2.75) is 316 Å². The van der Waals surface area contributed by atoms with Gasteiger partial charge in [-0.1, -0.05) is 247 Å². The molecule has 0 spiro atoms. The van der Waals surface area contributed by atoms with Gasteiger partial charge in [0.05, 0.1) is 26.4 Å². The molecule has 0 bridgehead atoms. The van der Waals surface area contributed by atoms with Crippen molar-refractivity contribution in [2.24, 2.45) is 5.92 Å². The average molecular weight is 1170 g/mol. The lowest BCUT2D eigenvalue weighted by atomic mass is 10.0. The number of phosphoric acid groups is 2. The van der Waals surface area contributed by atoms with Crippen molar-refractivity contribution in [3.05, 3.63) is 0 Å². The van der Waals surface area contributed by atoms with E-state index in [4.69, 9.17) is 37.0 Å². The van der Waals surface area contributed by atoms with Crippen molar-refractivity contribution in [2.75, 3.05) is 39.6 Å². The van der Waals surface area contributed by atoms with Gasteiger partial charge in [0, 0.05) is 25.7 Å². The summed E-state index contributed by atoms with van der Waals surface area (Å²) in [5.41, 5.74) is 0. The molecule has 3 N–H and O–H groups in total. The zero-order valence-electron chi connectivity index (χ0n) is 50.5. The second-order valence-corrected chi connectivity index (χ2v) is 25.1. The Balaban J connectivity index is 5.22. The van der Waals surface area contributed by atoms with E-state index in [1.54, 1.807) is 0 Å². The fourth-order valence-electron chi connectivity index (χ4n) is 8.88. The molecule has 0 saturated heterocycles. The number of esters is 4. The van der Waals surface area contributed by atoms with Crippen molar-refractivity contribution >= 4 is 39.5 Å². The smallest absolute Gasteiger partial charge is 0.462 e. The molecule has 0 aromatic carbocycles. The van der Waals surface area contributed by atoms with Crippen LogP contribution in [0.2, 0.25) is 0 Å². The van der Waals surface area contributed by atoms with Gasteiger partial charge >= 0.3 is 39.5 Å². The van der Waals surface area contributed by atoms with Crippen LogP contribution in [0.3, 0.4) is 0 Å². The van der Waals surface area contributed by atoms with Crippen LogP contribution in [0.15, 0.2) is 0 Å². The van der Waals surface area contributed by atoms with Gasteiger partial charge in [0.25, 0.3) is 0 Å². The van der Waals surface area contributed by atoms with Crippen molar-refractivity contribution in [3.8, 4) is 0 Å². The van der Waals surface area contributed by atoms with Crippen LogP contribution in [-0.2, 0) is 65.4 Å². The van der Waals surface area contributed by atoms with E-state index in [-0.39, 0.29) is 25.7 Å². The standard InChI is InChI=1S/C60H116O17P2/c1-6-9-12-15-18-21-23-24-26-29-35-40-45-59(64)76-55(49-71-58(63)44-39-34-28-25-22-19-16-13-10-7-2)51-74-78(66,67)72-47-54(61)48-73-79(68,69)75-52-56(50-70-57(62)43-38-33-27-20-17-14-11-8-3)77-60(65)46-41-36-31-30-32-37-42-53(4)5/h53-56,61H,6-52H2,1-5H3,(H,66,67)(H,68,69)/t54-,55-,56-/m1/s1. The predicted octanol–water partition coefficient (Wildman–Crippen LogP) is 16.2. The number of ether oxygens (including phenoxy) is 4. The van der Waals surface area contributed by atoms with Gasteiger partial charge in [-0.3, -0.25) is 37.3 Å². The number of hydrogen-bond donors (Lipinski definition) is 3. The van der Waals surface area contributed by atoms with Crippen LogP contribution < -0.4 is 0 Å². The maximum absolute atomic E-state index is 12.9. The van der Waals surface area contributed by atoms with E-state index in [1.807, 2.05) is 0 Å². The molecule has 17 nitrogen and oxygen atoms in total. The summed E-state index contributed by atoms with van der Waals surface area (Å²) in [7, 11) is -9.87. The Morgan fingerprint density at radius 2 is 0.582 bits per heavy atom.